The van der Waals surface area contributed by atoms with Crippen LogP contribution < -0.4 is 10.6 Å². The molecule has 0 amide bonds. The van der Waals surface area contributed by atoms with E-state index >= 15 is 0 Å². The molecular weight excluding hydrogens is 294 g/mol. The van der Waals surface area contributed by atoms with Crippen molar-refractivity contribution in [1.82, 2.24) is 24.7 Å². The Labute approximate surface area is 134 Å². The molecule has 0 unspecified atom stereocenters. The summed E-state index contributed by atoms with van der Waals surface area (Å²) >= 11 is 0. The Bertz CT molecular complexity index is 666. The first-order valence-electron chi connectivity index (χ1n) is 8.20. The second kappa shape index (κ2) is 6.49. The third kappa shape index (κ3) is 3.26. The lowest BCUT2D eigenvalue weighted by molar-refractivity contribution is 0.0875. The second-order valence-electron chi connectivity index (χ2n) is 5.97. The minimum absolute atomic E-state index is 0.325. The summed E-state index contributed by atoms with van der Waals surface area (Å²) in [5.74, 6) is 3.45. The largest absolute Gasteiger partial charge is 0.379 e. The van der Waals surface area contributed by atoms with E-state index in [9.17, 15) is 0 Å². The van der Waals surface area contributed by atoms with Crippen molar-refractivity contribution in [2.24, 2.45) is 0 Å². The maximum Gasteiger partial charge on any atom is 0.224 e. The Balaban J connectivity index is 1.38. The molecular formula is C15H21N7O. The smallest absolute Gasteiger partial charge is 0.224 e. The SMILES string of the molecule is c1cc(N[C@H]2CCCOC2)nc(NCc2nnc3n2CCC3)n1. The molecule has 2 aliphatic rings. The molecule has 0 aliphatic carbocycles. The molecule has 23 heavy (non-hydrogen) atoms. The first kappa shape index (κ1) is 14.4. The molecule has 2 N–H and O–H groups in total. The standard InChI is InChI=1S/C15H21N7O/c1-4-13-20-21-14(22(13)7-1)9-17-15-16-6-5-12(19-15)18-11-3-2-8-23-10-11/h5-6,11H,1-4,7-10H2,(H2,16,17,18,19)/t11-/m0/s1. The summed E-state index contributed by atoms with van der Waals surface area (Å²) in [6.45, 7) is 3.18. The van der Waals surface area contributed by atoms with Crippen LogP contribution in [-0.2, 0) is 24.2 Å². The van der Waals surface area contributed by atoms with Crippen molar-refractivity contribution in [3.8, 4) is 0 Å². The Kier molecular flexibility index (Phi) is 4.06. The van der Waals surface area contributed by atoms with Gasteiger partial charge in [0.1, 0.15) is 11.6 Å². The number of aryl methyl sites for hydroxylation is 1. The molecule has 2 aromatic rings. The lowest BCUT2D eigenvalue weighted by atomic mass is 10.1. The predicted octanol–water partition coefficient (Wildman–Crippen LogP) is 1.22. The molecule has 122 valence electrons. The Hall–Kier alpha value is -2.22. The third-order valence-electron chi connectivity index (χ3n) is 4.26. The zero-order valence-corrected chi connectivity index (χ0v) is 13.0. The van der Waals surface area contributed by atoms with Crippen LogP contribution in [0.4, 0.5) is 11.8 Å². The average molecular weight is 315 g/mol. The maximum atomic E-state index is 5.48. The van der Waals surface area contributed by atoms with Gasteiger partial charge in [0.05, 0.1) is 19.2 Å². The van der Waals surface area contributed by atoms with Crippen LogP contribution in [0.25, 0.3) is 0 Å². The fraction of sp³-hybridized carbons (Fsp3) is 0.600. The quantitative estimate of drug-likeness (QED) is 0.857. The van der Waals surface area contributed by atoms with Crippen molar-refractivity contribution in [2.75, 3.05) is 23.8 Å². The zero-order valence-electron chi connectivity index (χ0n) is 13.0. The number of hydrogen-bond donors (Lipinski definition) is 2. The van der Waals surface area contributed by atoms with Crippen LogP contribution in [0.1, 0.15) is 30.9 Å². The number of hydrogen-bond acceptors (Lipinski definition) is 7. The van der Waals surface area contributed by atoms with Gasteiger partial charge in [0.2, 0.25) is 5.95 Å². The Morgan fingerprint density at radius 3 is 3.22 bits per heavy atom. The molecule has 2 aromatic heterocycles. The Morgan fingerprint density at radius 1 is 1.30 bits per heavy atom. The monoisotopic (exact) mass is 315 g/mol. The van der Waals surface area contributed by atoms with E-state index in [0.29, 0.717) is 18.5 Å². The van der Waals surface area contributed by atoms with Gasteiger partial charge in [-0.05, 0) is 25.3 Å². The number of fused-ring (bicyclic) bond motifs is 1. The van der Waals surface area contributed by atoms with Crippen LogP contribution in [-0.4, -0.2) is 44.0 Å². The van der Waals surface area contributed by atoms with E-state index in [-0.39, 0.29) is 0 Å². The normalized spacial score (nSPS) is 20.3. The minimum atomic E-state index is 0.325. The molecule has 0 radical (unpaired) electrons. The van der Waals surface area contributed by atoms with Crippen molar-refractivity contribution in [3.05, 3.63) is 23.9 Å². The van der Waals surface area contributed by atoms with Crippen LogP contribution in [0.3, 0.4) is 0 Å². The first-order valence-corrected chi connectivity index (χ1v) is 8.20. The molecule has 8 nitrogen and oxygen atoms in total. The van der Waals surface area contributed by atoms with Gasteiger partial charge in [-0.3, -0.25) is 0 Å². The summed E-state index contributed by atoms with van der Waals surface area (Å²) in [6, 6.07) is 2.21. The average Bonchev–Trinajstić information content (AvgIpc) is 3.18. The van der Waals surface area contributed by atoms with Crippen LogP contribution in [0.5, 0.6) is 0 Å². The van der Waals surface area contributed by atoms with Crippen LogP contribution in [0.15, 0.2) is 12.3 Å². The van der Waals surface area contributed by atoms with Gasteiger partial charge < -0.3 is 19.9 Å². The molecule has 0 aromatic carbocycles. The summed E-state index contributed by atoms with van der Waals surface area (Å²) in [4.78, 5) is 8.79. The zero-order chi connectivity index (χ0) is 15.5. The lowest BCUT2D eigenvalue weighted by Crippen LogP contribution is -2.30. The number of ether oxygens (including phenoxy) is 1. The second-order valence-corrected chi connectivity index (χ2v) is 5.97. The molecule has 0 bridgehead atoms. The molecule has 1 fully saturated rings. The predicted molar refractivity (Wildman–Crippen MR) is 85.2 cm³/mol. The van der Waals surface area contributed by atoms with Gasteiger partial charge in [0.25, 0.3) is 0 Å². The van der Waals surface area contributed by atoms with Crippen molar-refractivity contribution in [3.63, 3.8) is 0 Å². The molecule has 8 heteroatoms. The topological polar surface area (TPSA) is 89.8 Å². The van der Waals surface area contributed by atoms with Crippen molar-refractivity contribution in [2.45, 2.75) is 44.8 Å². The third-order valence-corrected chi connectivity index (χ3v) is 4.26. The van der Waals surface area contributed by atoms with Gasteiger partial charge in [0.15, 0.2) is 5.82 Å². The molecule has 2 aliphatic heterocycles. The minimum Gasteiger partial charge on any atom is -0.379 e. The Morgan fingerprint density at radius 2 is 2.30 bits per heavy atom. The van der Waals surface area contributed by atoms with E-state index in [4.69, 9.17) is 4.74 Å². The summed E-state index contributed by atoms with van der Waals surface area (Å²) in [7, 11) is 0. The molecule has 4 heterocycles. The van der Waals surface area contributed by atoms with Crippen molar-refractivity contribution >= 4 is 11.8 Å². The highest BCUT2D eigenvalue weighted by Crippen LogP contribution is 2.16. The number of aromatic nitrogens is 5. The van der Waals surface area contributed by atoms with Crippen LogP contribution >= 0.6 is 0 Å². The van der Waals surface area contributed by atoms with E-state index in [1.54, 1.807) is 6.20 Å². The van der Waals surface area contributed by atoms with Crippen LogP contribution in [0.2, 0.25) is 0 Å². The highest BCUT2D eigenvalue weighted by molar-refractivity contribution is 5.40. The highest BCUT2D eigenvalue weighted by atomic mass is 16.5. The van der Waals surface area contributed by atoms with Gasteiger partial charge in [-0.25, -0.2) is 4.98 Å². The summed E-state index contributed by atoms with van der Waals surface area (Å²) < 4.78 is 7.66. The number of nitrogens with one attached hydrogen (secondary N) is 2. The molecule has 0 spiro atoms. The number of anilines is 2. The number of rotatable bonds is 5. The maximum absolute atomic E-state index is 5.48. The fourth-order valence-electron chi connectivity index (χ4n) is 3.09. The summed E-state index contributed by atoms with van der Waals surface area (Å²) in [5, 5.41) is 15.1. The van der Waals surface area contributed by atoms with Gasteiger partial charge in [0, 0.05) is 25.8 Å². The summed E-state index contributed by atoms with van der Waals surface area (Å²) in [6.07, 6.45) is 6.13. The number of nitrogens with zero attached hydrogens (tertiary/aromatic N) is 5. The van der Waals surface area contributed by atoms with E-state index in [0.717, 1.165) is 62.9 Å². The van der Waals surface area contributed by atoms with Crippen LogP contribution in [0, 0.1) is 0 Å². The summed E-state index contributed by atoms with van der Waals surface area (Å²) in [5.41, 5.74) is 0. The van der Waals surface area contributed by atoms with E-state index in [1.807, 2.05) is 6.07 Å². The molecule has 4 rings (SSSR count). The lowest BCUT2D eigenvalue weighted by Gasteiger charge is -2.23. The van der Waals surface area contributed by atoms with Gasteiger partial charge in [-0.1, -0.05) is 0 Å². The molecule has 1 saturated heterocycles. The van der Waals surface area contributed by atoms with E-state index < -0.39 is 0 Å². The highest BCUT2D eigenvalue weighted by Gasteiger charge is 2.17. The van der Waals surface area contributed by atoms with Gasteiger partial charge >= 0.3 is 0 Å². The van der Waals surface area contributed by atoms with E-state index in [2.05, 4.69) is 35.4 Å². The van der Waals surface area contributed by atoms with Crippen molar-refractivity contribution < 1.29 is 4.74 Å². The first-order chi connectivity index (χ1) is 11.4. The van der Waals surface area contributed by atoms with Gasteiger partial charge in [-0.2, -0.15) is 4.98 Å². The van der Waals surface area contributed by atoms with Crippen molar-refractivity contribution in [1.29, 1.82) is 0 Å². The fourth-order valence-corrected chi connectivity index (χ4v) is 3.09. The van der Waals surface area contributed by atoms with E-state index in [1.165, 1.54) is 0 Å². The molecule has 1 atom stereocenters. The van der Waals surface area contributed by atoms with Gasteiger partial charge in [-0.15, -0.1) is 10.2 Å². The molecule has 0 saturated carbocycles.